The normalized spacial score (nSPS) is 27.2. The number of aliphatic hydroxyl groups is 1. The molecule has 0 amide bonds. The highest BCUT2D eigenvalue weighted by molar-refractivity contribution is 7.16. The molecule has 1 aliphatic rings. The molecule has 2 atom stereocenters. The van der Waals surface area contributed by atoms with E-state index in [1.54, 1.807) is 11.3 Å². The van der Waals surface area contributed by atoms with Crippen LogP contribution in [0.3, 0.4) is 0 Å². The van der Waals surface area contributed by atoms with Gasteiger partial charge >= 0.3 is 0 Å². The molecule has 1 fully saturated rings. The summed E-state index contributed by atoms with van der Waals surface area (Å²) >= 11 is 7.38. The Morgan fingerprint density at radius 2 is 2.38 bits per heavy atom. The molecule has 0 aromatic carbocycles. The Kier molecular flexibility index (Phi) is 2.89. The maximum Gasteiger partial charge on any atom is 0.0931 e. The van der Waals surface area contributed by atoms with Crippen LogP contribution < -0.4 is 5.32 Å². The highest BCUT2D eigenvalue weighted by atomic mass is 35.5. The van der Waals surface area contributed by atoms with E-state index in [4.69, 9.17) is 11.6 Å². The summed E-state index contributed by atoms with van der Waals surface area (Å²) in [5, 5.41) is 12.6. The summed E-state index contributed by atoms with van der Waals surface area (Å²) in [4.78, 5) is 1.23. The molecule has 1 aromatic heterocycles. The lowest BCUT2D eigenvalue weighted by Crippen LogP contribution is -2.47. The third-order valence-corrected chi connectivity index (χ3v) is 3.64. The molecule has 1 saturated carbocycles. The first-order chi connectivity index (χ1) is 6.25. The van der Waals surface area contributed by atoms with Crippen LogP contribution in [0.15, 0.2) is 12.1 Å². The Hall–Kier alpha value is -0.0900. The molecule has 1 aliphatic carbocycles. The smallest absolute Gasteiger partial charge is 0.0931 e. The number of hydrogen-bond donors (Lipinski definition) is 2. The van der Waals surface area contributed by atoms with Crippen LogP contribution in [0, 0.1) is 0 Å². The van der Waals surface area contributed by atoms with Crippen LogP contribution in [0.25, 0.3) is 0 Å². The van der Waals surface area contributed by atoms with E-state index in [2.05, 4.69) is 5.32 Å². The van der Waals surface area contributed by atoms with Crippen molar-refractivity contribution in [2.75, 3.05) is 0 Å². The maximum atomic E-state index is 9.31. The minimum absolute atomic E-state index is 0.143. The number of hydrogen-bond acceptors (Lipinski definition) is 3. The van der Waals surface area contributed by atoms with Crippen LogP contribution in [-0.4, -0.2) is 17.3 Å². The van der Waals surface area contributed by atoms with E-state index >= 15 is 0 Å². The third-order valence-electron chi connectivity index (χ3n) is 2.41. The number of rotatable bonds is 3. The van der Waals surface area contributed by atoms with Crippen molar-refractivity contribution in [2.45, 2.75) is 31.5 Å². The first-order valence-corrected chi connectivity index (χ1v) is 5.61. The van der Waals surface area contributed by atoms with Crippen LogP contribution in [0.4, 0.5) is 0 Å². The van der Waals surface area contributed by atoms with E-state index in [-0.39, 0.29) is 6.10 Å². The van der Waals surface area contributed by atoms with Gasteiger partial charge in [-0.2, -0.15) is 0 Å². The van der Waals surface area contributed by atoms with Crippen molar-refractivity contribution < 1.29 is 5.11 Å². The molecule has 1 aromatic rings. The Balaban J connectivity index is 1.79. The quantitative estimate of drug-likeness (QED) is 0.812. The molecule has 13 heavy (non-hydrogen) atoms. The van der Waals surface area contributed by atoms with Gasteiger partial charge in [-0.15, -0.1) is 11.3 Å². The van der Waals surface area contributed by atoms with Gasteiger partial charge in [-0.3, -0.25) is 0 Å². The average molecular weight is 218 g/mol. The summed E-state index contributed by atoms with van der Waals surface area (Å²) < 4.78 is 0.825. The molecule has 4 heteroatoms. The van der Waals surface area contributed by atoms with E-state index in [1.165, 1.54) is 4.88 Å². The van der Waals surface area contributed by atoms with Gasteiger partial charge in [-0.05, 0) is 25.0 Å². The minimum Gasteiger partial charge on any atom is -0.392 e. The lowest BCUT2D eigenvalue weighted by molar-refractivity contribution is 0.0494. The fourth-order valence-corrected chi connectivity index (χ4v) is 2.44. The van der Waals surface area contributed by atoms with Gasteiger partial charge in [0.15, 0.2) is 0 Å². The SMILES string of the molecule is O[C@@H]1CC[C@H]1NCc1ccc(Cl)s1. The molecule has 2 nitrogen and oxygen atoms in total. The predicted molar refractivity (Wildman–Crippen MR) is 55.2 cm³/mol. The summed E-state index contributed by atoms with van der Waals surface area (Å²) in [7, 11) is 0. The fraction of sp³-hybridized carbons (Fsp3) is 0.556. The van der Waals surface area contributed by atoms with Gasteiger partial charge in [0.2, 0.25) is 0 Å². The first kappa shape index (κ1) is 9.46. The Labute approximate surface area is 86.5 Å². The van der Waals surface area contributed by atoms with Crippen molar-refractivity contribution >= 4 is 22.9 Å². The van der Waals surface area contributed by atoms with Crippen LogP contribution >= 0.6 is 22.9 Å². The summed E-state index contributed by atoms with van der Waals surface area (Å²) in [5.74, 6) is 0. The summed E-state index contributed by atoms with van der Waals surface area (Å²) in [6, 6.07) is 4.21. The van der Waals surface area contributed by atoms with E-state index in [0.29, 0.717) is 6.04 Å². The largest absolute Gasteiger partial charge is 0.392 e. The topological polar surface area (TPSA) is 32.3 Å². The second-order valence-electron chi connectivity index (χ2n) is 3.34. The molecule has 1 heterocycles. The van der Waals surface area contributed by atoms with Gasteiger partial charge in [-0.25, -0.2) is 0 Å². The van der Waals surface area contributed by atoms with Gasteiger partial charge in [0.05, 0.1) is 10.4 Å². The Morgan fingerprint density at radius 3 is 2.85 bits per heavy atom. The molecule has 2 rings (SSSR count). The summed E-state index contributed by atoms with van der Waals surface area (Å²) in [6.07, 6.45) is 1.87. The molecule has 0 unspecified atom stereocenters. The summed E-state index contributed by atoms with van der Waals surface area (Å²) in [6.45, 7) is 0.819. The van der Waals surface area contributed by atoms with Crippen LogP contribution in [0.5, 0.6) is 0 Å². The maximum absolute atomic E-state index is 9.31. The zero-order valence-electron chi connectivity index (χ0n) is 7.16. The molecule has 0 radical (unpaired) electrons. The Bertz CT molecular complexity index is 289. The zero-order valence-corrected chi connectivity index (χ0v) is 8.74. The summed E-state index contributed by atoms with van der Waals surface area (Å²) in [5.41, 5.74) is 0. The molecular weight excluding hydrogens is 206 g/mol. The molecule has 0 spiro atoms. The van der Waals surface area contributed by atoms with Gasteiger partial charge in [0.25, 0.3) is 0 Å². The number of aliphatic hydroxyl groups excluding tert-OH is 1. The van der Waals surface area contributed by atoms with Crippen molar-refractivity contribution in [1.29, 1.82) is 0 Å². The van der Waals surface area contributed by atoms with Crippen molar-refractivity contribution in [2.24, 2.45) is 0 Å². The highest BCUT2D eigenvalue weighted by Gasteiger charge is 2.27. The van der Waals surface area contributed by atoms with Gasteiger partial charge in [0, 0.05) is 17.5 Å². The van der Waals surface area contributed by atoms with Crippen molar-refractivity contribution in [1.82, 2.24) is 5.32 Å². The lowest BCUT2D eigenvalue weighted by atomic mass is 9.89. The van der Waals surface area contributed by atoms with Crippen LogP contribution in [0.1, 0.15) is 17.7 Å². The third kappa shape index (κ3) is 2.23. The van der Waals surface area contributed by atoms with E-state index in [0.717, 1.165) is 23.7 Å². The first-order valence-electron chi connectivity index (χ1n) is 4.41. The Morgan fingerprint density at radius 1 is 1.54 bits per heavy atom. The van der Waals surface area contributed by atoms with Gasteiger partial charge in [0.1, 0.15) is 0 Å². The monoisotopic (exact) mass is 217 g/mol. The number of halogens is 1. The molecule has 0 saturated heterocycles. The van der Waals surface area contributed by atoms with Crippen molar-refractivity contribution in [3.05, 3.63) is 21.3 Å². The lowest BCUT2D eigenvalue weighted by Gasteiger charge is -2.33. The molecular formula is C9H12ClNOS. The second-order valence-corrected chi connectivity index (χ2v) is 5.14. The predicted octanol–water partition coefficient (Wildman–Crippen LogP) is 2.01. The number of nitrogens with one attached hydrogen (secondary N) is 1. The second kappa shape index (κ2) is 3.96. The van der Waals surface area contributed by atoms with Crippen LogP contribution in [-0.2, 0) is 6.54 Å². The van der Waals surface area contributed by atoms with E-state index < -0.39 is 0 Å². The fourth-order valence-electron chi connectivity index (χ4n) is 1.40. The van der Waals surface area contributed by atoms with E-state index in [1.807, 2.05) is 12.1 Å². The van der Waals surface area contributed by atoms with Gasteiger partial charge in [-0.1, -0.05) is 11.6 Å². The zero-order chi connectivity index (χ0) is 9.26. The molecule has 72 valence electrons. The van der Waals surface area contributed by atoms with Crippen LogP contribution in [0.2, 0.25) is 4.34 Å². The number of thiophene rings is 1. The standard InChI is InChI=1S/C9H12ClNOS/c10-9-4-1-6(13-9)5-11-7-2-3-8(7)12/h1,4,7-8,11-12H,2-3,5H2/t7-,8-/m1/s1. The minimum atomic E-state index is -0.143. The molecule has 0 bridgehead atoms. The molecule has 2 N–H and O–H groups in total. The van der Waals surface area contributed by atoms with Crippen molar-refractivity contribution in [3.8, 4) is 0 Å². The van der Waals surface area contributed by atoms with Gasteiger partial charge < -0.3 is 10.4 Å². The molecule has 0 aliphatic heterocycles. The van der Waals surface area contributed by atoms with E-state index in [9.17, 15) is 5.11 Å². The highest BCUT2D eigenvalue weighted by Crippen LogP contribution is 2.23. The average Bonchev–Trinajstić information content (AvgIpc) is 2.49. The van der Waals surface area contributed by atoms with Crippen molar-refractivity contribution in [3.63, 3.8) is 0 Å².